The van der Waals surface area contributed by atoms with E-state index in [4.69, 9.17) is 4.74 Å². The molecule has 150 valence electrons. The molecule has 7 nitrogen and oxygen atoms in total. The Hall–Kier alpha value is -3.35. The minimum Gasteiger partial charge on any atom is -0.493 e. The van der Waals surface area contributed by atoms with Crippen LogP contribution in [-0.4, -0.2) is 45.3 Å². The lowest BCUT2D eigenvalue weighted by atomic mass is 9.95. The first kappa shape index (κ1) is 19.0. The van der Waals surface area contributed by atoms with Gasteiger partial charge in [-0.05, 0) is 44.0 Å². The van der Waals surface area contributed by atoms with Gasteiger partial charge < -0.3 is 9.64 Å². The minimum absolute atomic E-state index is 0.0185. The number of carbonyl (C=O) groups is 1. The Kier molecular flexibility index (Phi) is 5.46. The molecular formula is C22H24N4O3. The predicted octanol–water partition coefficient (Wildman–Crippen LogP) is 2.98. The summed E-state index contributed by atoms with van der Waals surface area (Å²) in [6.07, 6.45) is 1.50. The topological polar surface area (TPSA) is 80.2 Å². The van der Waals surface area contributed by atoms with E-state index in [0.29, 0.717) is 31.0 Å². The maximum Gasteiger partial charge on any atom is 0.347 e. The number of aromatic amines is 1. The standard InChI is InChI=1S/C22H24N4O3/c1-2-29-19-11-7-6-10-18(19)21(27)25-14-12-16(13-15-25)20-23-24-22(28)26(20)17-8-4-3-5-9-17/h3-11,16H,2,12-15H2,1H3,(H,24,28). The van der Waals surface area contributed by atoms with Crippen molar-refractivity contribution >= 4 is 5.91 Å². The lowest BCUT2D eigenvalue weighted by Crippen LogP contribution is -2.38. The Morgan fingerprint density at radius 3 is 2.52 bits per heavy atom. The number of likely N-dealkylation sites (tertiary alicyclic amines) is 1. The highest BCUT2D eigenvalue weighted by atomic mass is 16.5. The second-order valence-electron chi connectivity index (χ2n) is 7.05. The number of aromatic nitrogens is 3. The molecular weight excluding hydrogens is 368 g/mol. The lowest BCUT2D eigenvalue weighted by Gasteiger charge is -2.32. The fourth-order valence-corrected chi connectivity index (χ4v) is 3.85. The van der Waals surface area contributed by atoms with Crippen molar-refractivity contribution in [3.05, 3.63) is 76.5 Å². The summed E-state index contributed by atoms with van der Waals surface area (Å²) < 4.78 is 7.24. The second-order valence-corrected chi connectivity index (χ2v) is 7.05. The first-order chi connectivity index (χ1) is 14.2. The summed E-state index contributed by atoms with van der Waals surface area (Å²) in [4.78, 5) is 27.2. The van der Waals surface area contributed by atoms with E-state index >= 15 is 0 Å². The van der Waals surface area contributed by atoms with Gasteiger partial charge in [-0.25, -0.2) is 14.5 Å². The fourth-order valence-electron chi connectivity index (χ4n) is 3.85. The molecule has 4 rings (SSSR count). The molecule has 0 aliphatic carbocycles. The lowest BCUT2D eigenvalue weighted by molar-refractivity contribution is 0.0706. The summed E-state index contributed by atoms with van der Waals surface area (Å²) in [6.45, 7) is 3.64. The van der Waals surface area contributed by atoms with Gasteiger partial charge in [0, 0.05) is 19.0 Å². The Morgan fingerprint density at radius 2 is 1.79 bits per heavy atom. The van der Waals surface area contributed by atoms with Gasteiger partial charge in [0.15, 0.2) is 0 Å². The van der Waals surface area contributed by atoms with Gasteiger partial charge in [0.1, 0.15) is 11.6 Å². The number of rotatable bonds is 5. The van der Waals surface area contributed by atoms with Crippen molar-refractivity contribution in [3.8, 4) is 11.4 Å². The van der Waals surface area contributed by atoms with Gasteiger partial charge in [-0.2, -0.15) is 5.10 Å². The van der Waals surface area contributed by atoms with E-state index in [1.54, 1.807) is 10.6 Å². The number of amides is 1. The zero-order valence-electron chi connectivity index (χ0n) is 16.4. The summed E-state index contributed by atoms with van der Waals surface area (Å²) in [7, 11) is 0. The highest BCUT2D eigenvalue weighted by Gasteiger charge is 2.29. The van der Waals surface area contributed by atoms with Crippen LogP contribution >= 0.6 is 0 Å². The zero-order valence-corrected chi connectivity index (χ0v) is 16.4. The number of ether oxygens (including phenoxy) is 1. The molecule has 1 saturated heterocycles. The number of nitrogens with one attached hydrogen (secondary N) is 1. The molecule has 0 saturated carbocycles. The van der Waals surface area contributed by atoms with E-state index in [-0.39, 0.29) is 17.5 Å². The van der Waals surface area contributed by atoms with Crippen molar-refractivity contribution in [1.29, 1.82) is 0 Å². The number of hydrogen-bond acceptors (Lipinski definition) is 4. The van der Waals surface area contributed by atoms with E-state index < -0.39 is 0 Å². The summed E-state index contributed by atoms with van der Waals surface area (Å²) in [5.74, 6) is 1.44. The van der Waals surface area contributed by atoms with Crippen LogP contribution in [0.1, 0.15) is 41.9 Å². The molecule has 1 N–H and O–H groups in total. The molecule has 0 spiro atoms. The van der Waals surface area contributed by atoms with E-state index in [0.717, 1.165) is 24.4 Å². The van der Waals surface area contributed by atoms with E-state index in [1.807, 2.05) is 60.4 Å². The first-order valence-electron chi connectivity index (χ1n) is 9.93. The molecule has 29 heavy (non-hydrogen) atoms. The Balaban J connectivity index is 1.50. The van der Waals surface area contributed by atoms with Crippen LogP contribution in [-0.2, 0) is 0 Å². The van der Waals surface area contributed by atoms with Crippen LogP contribution in [0.25, 0.3) is 5.69 Å². The molecule has 0 atom stereocenters. The number of carbonyl (C=O) groups excluding carboxylic acids is 1. The van der Waals surface area contributed by atoms with Gasteiger partial charge in [0.2, 0.25) is 0 Å². The maximum absolute atomic E-state index is 13.0. The predicted molar refractivity (Wildman–Crippen MR) is 110 cm³/mol. The van der Waals surface area contributed by atoms with Gasteiger partial charge in [-0.3, -0.25) is 4.79 Å². The molecule has 0 unspecified atom stereocenters. The normalized spacial score (nSPS) is 14.7. The highest BCUT2D eigenvalue weighted by molar-refractivity contribution is 5.97. The monoisotopic (exact) mass is 392 g/mol. The van der Waals surface area contributed by atoms with Crippen LogP contribution in [0.5, 0.6) is 5.75 Å². The third-order valence-electron chi connectivity index (χ3n) is 5.28. The van der Waals surface area contributed by atoms with Crippen LogP contribution in [0, 0.1) is 0 Å². The molecule has 1 amide bonds. The van der Waals surface area contributed by atoms with Crippen LogP contribution < -0.4 is 10.4 Å². The molecule has 0 bridgehead atoms. The van der Waals surface area contributed by atoms with Crippen molar-refractivity contribution in [2.45, 2.75) is 25.7 Å². The number of H-pyrrole nitrogens is 1. The summed E-state index contributed by atoms with van der Waals surface area (Å²) in [6, 6.07) is 16.8. The summed E-state index contributed by atoms with van der Waals surface area (Å²) >= 11 is 0. The fraction of sp³-hybridized carbons (Fsp3) is 0.318. The number of benzene rings is 2. The Labute approximate surface area is 168 Å². The second kappa shape index (κ2) is 8.34. The van der Waals surface area contributed by atoms with E-state index in [1.165, 1.54) is 0 Å². The van der Waals surface area contributed by atoms with Crippen LogP contribution in [0.15, 0.2) is 59.4 Å². The molecule has 0 radical (unpaired) electrons. The molecule has 1 aliphatic rings. The highest BCUT2D eigenvalue weighted by Crippen LogP contribution is 2.29. The number of nitrogens with zero attached hydrogens (tertiary/aromatic N) is 3. The van der Waals surface area contributed by atoms with Gasteiger partial charge in [0.05, 0.1) is 17.9 Å². The number of para-hydroxylation sites is 2. The SMILES string of the molecule is CCOc1ccccc1C(=O)N1CCC(c2n[nH]c(=O)n2-c2ccccc2)CC1. The number of piperidine rings is 1. The Bertz CT molecular complexity index is 1030. The largest absolute Gasteiger partial charge is 0.493 e. The average molecular weight is 392 g/mol. The van der Waals surface area contributed by atoms with Gasteiger partial charge in [-0.1, -0.05) is 30.3 Å². The molecule has 1 aromatic heterocycles. The minimum atomic E-state index is -0.240. The molecule has 2 heterocycles. The average Bonchev–Trinajstić information content (AvgIpc) is 3.16. The van der Waals surface area contributed by atoms with Crippen molar-refractivity contribution < 1.29 is 9.53 Å². The molecule has 7 heteroatoms. The third-order valence-corrected chi connectivity index (χ3v) is 5.28. The van der Waals surface area contributed by atoms with Crippen molar-refractivity contribution in [2.75, 3.05) is 19.7 Å². The molecule has 2 aromatic carbocycles. The van der Waals surface area contributed by atoms with Gasteiger partial charge in [-0.15, -0.1) is 0 Å². The zero-order chi connectivity index (χ0) is 20.2. The van der Waals surface area contributed by atoms with Crippen LogP contribution in [0.3, 0.4) is 0 Å². The first-order valence-corrected chi connectivity index (χ1v) is 9.93. The summed E-state index contributed by atoms with van der Waals surface area (Å²) in [5, 5.41) is 6.86. The Morgan fingerprint density at radius 1 is 1.10 bits per heavy atom. The van der Waals surface area contributed by atoms with E-state index in [9.17, 15) is 9.59 Å². The molecule has 1 fully saturated rings. The summed E-state index contributed by atoms with van der Waals surface area (Å²) in [5.41, 5.74) is 1.15. The van der Waals surface area contributed by atoms with Crippen LogP contribution in [0.2, 0.25) is 0 Å². The van der Waals surface area contributed by atoms with Crippen molar-refractivity contribution in [1.82, 2.24) is 19.7 Å². The quantitative estimate of drug-likeness (QED) is 0.724. The maximum atomic E-state index is 13.0. The third kappa shape index (κ3) is 3.81. The van der Waals surface area contributed by atoms with Gasteiger partial charge in [0.25, 0.3) is 5.91 Å². The molecule has 3 aromatic rings. The van der Waals surface area contributed by atoms with Crippen LogP contribution in [0.4, 0.5) is 0 Å². The van der Waals surface area contributed by atoms with E-state index in [2.05, 4.69) is 10.2 Å². The number of hydrogen-bond donors (Lipinski definition) is 1. The molecule has 1 aliphatic heterocycles. The van der Waals surface area contributed by atoms with Gasteiger partial charge >= 0.3 is 5.69 Å². The smallest absolute Gasteiger partial charge is 0.347 e. The van der Waals surface area contributed by atoms with Crippen molar-refractivity contribution in [3.63, 3.8) is 0 Å². The van der Waals surface area contributed by atoms with Crippen molar-refractivity contribution in [2.24, 2.45) is 0 Å².